The van der Waals surface area contributed by atoms with Crippen molar-refractivity contribution in [2.45, 2.75) is 13.3 Å². The van der Waals surface area contributed by atoms with E-state index < -0.39 is 12.0 Å². The molecule has 1 saturated heterocycles. The minimum absolute atomic E-state index is 0.0822. The molecule has 3 aromatic carbocycles. The van der Waals surface area contributed by atoms with Crippen LogP contribution in [0.15, 0.2) is 66.7 Å². The van der Waals surface area contributed by atoms with E-state index in [0.29, 0.717) is 30.9 Å². The van der Waals surface area contributed by atoms with Crippen LogP contribution in [-0.4, -0.2) is 30.3 Å². The summed E-state index contributed by atoms with van der Waals surface area (Å²) in [5.41, 5.74) is 4.27. The van der Waals surface area contributed by atoms with E-state index in [9.17, 15) is 14.7 Å². The van der Waals surface area contributed by atoms with Gasteiger partial charge in [-0.25, -0.2) is 4.79 Å². The number of hydrogen-bond acceptors (Lipinski definition) is 4. The van der Waals surface area contributed by atoms with Crippen molar-refractivity contribution in [1.29, 1.82) is 0 Å². The number of hydrogen-bond donors (Lipinski definition) is 2. The number of nitrogens with zero attached hydrogens (tertiary/aromatic N) is 1. The Morgan fingerprint density at radius 2 is 1.87 bits per heavy atom. The Morgan fingerprint density at radius 3 is 2.60 bits per heavy atom. The first-order chi connectivity index (χ1) is 14.5. The maximum Gasteiger partial charge on any atom is 0.414 e. The fourth-order valence-corrected chi connectivity index (χ4v) is 3.56. The Balaban J connectivity index is 1.57. The van der Waals surface area contributed by atoms with E-state index in [0.717, 1.165) is 16.7 Å². The van der Waals surface area contributed by atoms with Gasteiger partial charge < -0.3 is 15.2 Å². The van der Waals surface area contributed by atoms with E-state index in [-0.39, 0.29) is 11.3 Å². The third kappa shape index (κ3) is 3.98. The van der Waals surface area contributed by atoms with Crippen molar-refractivity contribution in [3.8, 4) is 5.75 Å². The monoisotopic (exact) mass is 402 g/mol. The predicted octanol–water partition coefficient (Wildman–Crippen LogP) is 4.50. The molecule has 4 rings (SSSR count). The third-order valence-corrected chi connectivity index (χ3v) is 5.16. The molecule has 1 aliphatic rings. The molecule has 6 heteroatoms. The first-order valence-corrected chi connectivity index (χ1v) is 9.74. The van der Waals surface area contributed by atoms with Gasteiger partial charge >= 0.3 is 6.09 Å². The second-order valence-electron chi connectivity index (χ2n) is 7.18. The van der Waals surface area contributed by atoms with Gasteiger partial charge in [0.25, 0.3) is 5.91 Å². The van der Waals surface area contributed by atoms with E-state index in [1.54, 1.807) is 23.1 Å². The summed E-state index contributed by atoms with van der Waals surface area (Å²) < 4.78 is 5.01. The molecule has 0 bridgehead atoms. The summed E-state index contributed by atoms with van der Waals surface area (Å²) in [5, 5.41) is 13.1. The zero-order chi connectivity index (χ0) is 21.1. The van der Waals surface area contributed by atoms with Crippen molar-refractivity contribution in [2.24, 2.45) is 0 Å². The normalized spacial score (nSPS) is 13.2. The maximum atomic E-state index is 12.9. The Kier molecular flexibility index (Phi) is 5.39. The van der Waals surface area contributed by atoms with Crippen LogP contribution in [0.4, 0.5) is 16.2 Å². The number of ether oxygens (including phenoxy) is 1. The molecular weight excluding hydrogens is 380 g/mol. The molecule has 2 amide bonds. The van der Waals surface area contributed by atoms with Gasteiger partial charge in [0.15, 0.2) is 0 Å². The zero-order valence-corrected chi connectivity index (χ0v) is 16.6. The van der Waals surface area contributed by atoms with E-state index in [1.165, 1.54) is 6.07 Å². The Morgan fingerprint density at radius 1 is 1.07 bits per heavy atom. The van der Waals surface area contributed by atoms with Crippen molar-refractivity contribution in [3.05, 3.63) is 89.0 Å². The zero-order valence-electron chi connectivity index (χ0n) is 16.6. The average Bonchev–Trinajstić information content (AvgIpc) is 3.17. The van der Waals surface area contributed by atoms with Crippen molar-refractivity contribution in [2.75, 3.05) is 23.4 Å². The minimum Gasteiger partial charge on any atom is -0.507 e. The highest BCUT2D eigenvalue weighted by atomic mass is 16.6. The van der Waals surface area contributed by atoms with Gasteiger partial charge in [-0.05, 0) is 54.3 Å². The topological polar surface area (TPSA) is 78.9 Å². The summed E-state index contributed by atoms with van der Waals surface area (Å²) in [7, 11) is 0. The van der Waals surface area contributed by atoms with Crippen LogP contribution in [0.5, 0.6) is 5.75 Å². The number of phenols is 1. The van der Waals surface area contributed by atoms with Gasteiger partial charge in [-0.15, -0.1) is 0 Å². The van der Waals surface area contributed by atoms with Gasteiger partial charge in [0.2, 0.25) is 0 Å². The Bertz CT molecular complexity index is 1100. The number of amides is 2. The van der Waals surface area contributed by atoms with Gasteiger partial charge in [0.05, 0.1) is 17.8 Å². The smallest absolute Gasteiger partial charge is 0.414 e. The van der Waals surface area contributed by atoms with Crippen LogP contribution in [0.25, 0.3) is 0 Å². The number of aromatic hydroxyl groups is 1. The molecule has 0 unspecified atom stereocenters. The van der Waals surface area contributed by atoms with E-state index >= 15 is 0 Å². The van der Waals surface area contributed by atoms with Crippen LogP contribution in [0.2, 0.25) is 0 Å². The number of anilines is 2. The molecule has 30 heavy (non-hydrogen) atoms. The fourth-order valence-electron chi connectivity index (χ4n) is 3.56. The number of rotatable bonds is 5. The molecule has 1 heterocycles. The molecule has 6 nitrogen and oxygen atoms in total. The van der Waals surface area contributed by atoms with Crippen LogP contribution >= 0.6 is 0 Å². The van der Waals surface area contributed by atoms with Crippen LogP contribution in [-0.2, 0) is 11.2 Å². The third-order valence-electron chi connectivity index (χ3n) is 5.16. The second kappa shape index (κ2) is 8.29. The molecule has 0 aromatic heterocycles. The standard InChI is InChI=1S/C24H22N2O4/c1-16-20(8-5-9-21(16)26-12-13-30-24(26)29)25-23(28)19-15-18(10-11-22(19)27)14-17-6-3-2-4-7-17/h2-11,15,27H,12-14H2,1H3,(H,25,28). The Labute approximate surface area is 174 Å². The summed E-state index contributed by atoms with van der Waals surface area (Å²) >= 11 is 0. The molecule has 0 spiro atoms. The highest BCUT2D eigenvalue weighted by molar-refractivity contribution is 6.07. The SMILES string of the molecule is Cc1c(NC(=O)c2cc(Cc3ccccc3)ccc2O)cccc1N1CCOC1=O. The molecule has 3 aromatic rings. The molecule has 0 aliphatic carbocycles. The first-order valence-electron chi connectivity index (χ1n) is 9.74. The molecular formula is C24H22N2O4. The van der Waals surface area contributed by atoms with Crippen molar-refractivity contribution < 1.29 is 19.4 Å². The lowest BCUT2D eigenvalue weighted by molar-refractivity contribution is 0.102. The number of nitrogens with one attached hydrogen (secondary N) is 1. The fraction of sp³-hybridized carbons (Fsp3) is 0.167. The molecule has 152 valence electrons. The summed E-state index contributed by atoms with van der Waals surface area (Å²) in [6.07, 6.45) is 0.264. The lowest BCUT2D eigenvalue weighted by atomic mass is 10.0. The lowest BCUT2D eigenvalue weighted by Gasteiger charge is -2.18. The predicted molar refractivity (Wildman–Crippen MR) is 115 cm³/mol. The average molecular weight is 402 g/mol. The van der Waals surface area contributed by atoms with Gasteiger partial charge in [0, 0.05) is 5.69 Å². The maximum absolute atomic E-state index is 12.9. The molecule has 0 atom stereocenters. The number of benzene rings is 3. The molecule has 1 fully saturated rings. The summed E-state index contributed by atoms with van der Waals surface area (Å²) in [6, 6.07) is 20.3. The highest BCUT2D eigenvalue weighted by Gasteiger charge is 2.26. The van der Waals surface area contributed by atoms with Gasteiger partial charge in [-0.1, -0.05) is 42.5 Å². The van der Waals surface area contributed by atoms with Crippen molar-refractivity contribution in [1.82, 2.24) is 0 Å². The largest absolute Gasteiger partial charge is 0.507 e. The van der Waals surface area contributed by atoms with Gasteiger partial charge in [0.1, 0.15) is 12.4 Å². The number of phenolic OH excluding ortho intramolecular Hbond substituents is 1. The van der Waals surface area contributed by atoms with E-state index in [2.05, 4.69) is 5.32 Å². The van der Waals surface area contributed by atoms with Gasteiger partial charge in [-0.2, -0.15) is 0 Å². The summed E-state index contributed by atoms with van der Waals surface area (Å²) in [6.45, 7) is 2.65. The highest BCUT2D eigenvalue weighted by Crippen LogP contribution is 2.30. The molecule has 0 saturated carbocycles. The first kappa shape index (κ1) is 19.5. The van der Waals surface area contributed by atoms with Crippen LogP contribution in [0, 0.1) is 6.92 Å². The van der Waals surface area contributed by atoms with Crippen LogP contribution < -0.4 is 10.2 Å². The summed E-state index contributed by atoms with van der Waals surface area (Å²) in [4.78, 5) is 26.4. The lowest BCUT2D eigenvalue weighted by Crippen LogP contribution is -2.24. The Hall–Kier alpha value is -3.80. The quantitative estimate of drug-likeness (QED) is 0.659. The van der Waals surface area contributed by atoms with E-state index in [4.69, 9.17) is 4.74 Å². The van der Waals surface area contributed by atoms with Crippen molar-refractivity contribution >= 4 is 23.4 Å². The number of carbonyl (C=O) groups excluding carboxylic acids is 2. The molecule has 1 aliphatic heterocycles. The molecule has 2 N–H and O–H groups in total. The second-order valence-corrected chi connectivity index (χ2v) is 7.18. The minimum atomic E-state index is -0.410. The van der Waals surface area contributed by atoms with Crippen LogP contribution in [0.1, 0.15) is 27.0 Å². The molecule has 0 radical (unpaired) electrons. The number of carbonyl (C=O) groups is 2. The van der Waals surface area contributed by atoms with E-state index in [1.807, 2.05) is 49.4 Å². The van der Waals surface area contributed by atoms with Crippen molar-refractivity contribution in [3.63, 3.8) is 0 Å². The van der Waals surface area contributed by atoms with Gasteiger partial charge in [-0.3, -0.25) is 9.69 Å². The summed E-state index contributed by atoms with van der Waals surface area (Å²) in [5.74, 6) is -0.493. The number of cyclic esters (lactones) is 1. The van der Waals surface area contributed by atoms with Crippen LogP contribution in [0.3, 0.4) is 0 Å².